The standard InChI is InChI=1S/C11H24N2O3S/c1-4-6-12-8-9(2)17(14,15)13-11-5-7-16-10(11)3/h9-13H,4-8H2,1-3H3. The highest BCUT2D eigenvalue weighted by atomic mass is 32.2. The minimum atomic E-state index is -3.25. The third-order valence-electron chi connectivity index (χ3n) is 3.08. The van der Waals surface area contributed by atoms with Crippen molar-refractivity contribution in [2.24, 2.45) is 0 Å². The fourth-order valence-corrected chi connectivity index (χ4v) is 3.11. The molecule has 0 aromatic heterocycles. The van der Waals surface area contributed by atoms with Crippen molar-refractivity contribution in [2.45, 2.75) is 51.0 Å². The molecule has 1 aliphatic heterocycles. The Balaban J connectivity index is 2.43. The Morgan fingerprint density at radius 3 is 2.71 bits per heavy atom. The Kier molecular flexibility index (Phi) is 5.85. The zero-order chi connectivity index (χ0) is 12.9. The van der Waals surface area contributed by atoms with Gasteiger partial charge in [0.15, 0.2) is 0 Å². The van der Waals surface area contributed by atoms with Crippen LogP contribution < -0.4 is 10.0 Å². The van der Waals surface area contributed by atoms with Crippen LogP contribution in [0.4, 0.5) is 0 Å². The molecule has 1 saturated heterocycles. The fourth-order valence-electron chi connectivity index (χ4n) is 1.81. The summed E-state index contributed by atoms with van der Waals surface area (Å²) in [6, 6.07) is -0.0753. The lowest BCUT2D eigenvalue weighted by molar-refractivity contribution is 0.116. The van der Waals surface area contributed by atoms with Crippen molar-refractivity contribution in [3.05, 3.63) is 0 Å². The Morgan fingerprint density at radius 1 is 1.47 bits per heavy atom. The molecule has 1 aliphatic rings. The van der Waals surface area contributed by atoms with E-state index in [2.05, 4.69) is 17.0 Å². The Bertz CT molecular complexity index is 319. The monoisotopic (exact) mass is 264 g/mol. The maximum absolute atomic E-state index is 12.0. The predicted molar refractivity (Wildman–Crippen MR) is 68.5 cm³/mol. The summed E-state index contributed by atoms with van der Waals surface area (Å²) < 4.78 is 32.1. The van der Waals surface area contributed by atoms with Gasteiger partial charge in [0.2, 0.25) is 10.0 Å². The van der Waals surface area contributed by atoms with E-state index in [1.807, 2.05) is 6.92 Å². The van der Waals surface area contributed by atoms with Gasteiger partial charge in [-0.3, -0.25) is 0 Å². The highest BCUT2D eigenvalue weighted by Crippen LogP contribution is 2.14. The number of hydrogen-bond acceptors (Lipinski definition) is 4. The van der Waals surface area contributed by atoms with Crippen molar-refractivity contribution in [3.8, 4) is 0 Å². The van der Waals surface area contributed by atoms with E-state index in [-0.39, 0.29) is 12.1 Å². The maximum atomic E-state index is 12.0. The average Bonchev–Trinajstić information content (AvgIpc) is 2.64. The molecule has 17 heavy (non-hydrogen) atoms. The van der Waals surface area contributed by atoms with Crippen LogP contribution in [-0.4, -0.2) is 45.5 Å². The first kappa shape index (κ1) is 14.9. The summed E-state index contributed by atoms with van der Waals surface area (Å²) in [6.45, 7) is 7.67. The van der Waals surface area contributed by atoms with Crippen LogP contribution in [0.1, 0.15) is 33.6 Å². The summed E-state index contributed by atoms with van der Waals surface area (Å²) >= 11 is 0. The molecule has 5 nitrogen and oxygen atoms in total. The molecule has 0 amide bonds. The van der Waals surface area contributed by atoms with E-state index in [1.54, 1.807) is 6.92 Å². The molecule has 0 aromatic carbocycles. The molecular formula is C11H24N2O3S. The van der Waals surface area contributed by atoms with Crippen molar-refractivity contribution in [3.63, 3.8) is 0 Å². The topological polar surface area (TPSA) is 67.4 Å². The highest BCUT2D eigenvalue weighted by Gasteiger charge is 2.30. The molecule has 3 unspecified atom stereocenters. The van der Waals surface area contributed by atoms with E-state index in [0.29, 0.717) is 13.2 Å². The second-order valence-electron chi connectivity index (χ2n) is 4.65. The minimum Gasteiger partial charge on any atom is -0.377 e. The first-order valence-corrected chi connectivity index (χ1v) is 7.85. The van der Waals surface area contributed by atoms with Gasteiger partial charge in [-0.25, -0.2) is 13.1 Å². The van der Waals surface area contributed by atoms with Crippen LogP contribution in [0.3, 0.4) is 0 Å². The van der Waals surface area contributed by atoms with Crippen LogP contribution in [0.5, 0.6) is 0 Å². The molecule has 2 N–H and O–H groups in total. The predicted octanol–water partition coefficient (Wildman–Crippen LogP) is 0.471. The number of sulfonamides is 1. The van der Waals surface area contributed by atoms with Gasteiger partial charge in [0.05, 0.1) is 11.4 Å². The molecule has 102 valence electrons. The summed E-state index contributed by atoms with van der Waals surface area (Å²) in [5.41, 5.74) is 0. The summed E-state index contributed by atoms with van der Waals surface area (Å²) in [5, 5.41) is 2.71. The van der Waals surface area contributed by atoms with Gasteiger partial charge in [-0.2, -0.15) is 0 Å². The highest BCUT2D eigenvalue weighted by molar-refractivity contribution is 7.90. The summed E-state index contributed by atoms with van der Waals surface area (Å²) in [7, 11) is -3.25. The van der Waals surface area contributed by atoms with E-state index in [0.717, 1.165) is 19.4 Å². The van der Waals surface area contributed by atoms with Crippen LogP contribution in [0, 0.1) is 0 Å². The third kappa shape index (κ3) is 4.54. The van der Waals surface area contributed by atoms with Gasteiger partial charge in [0.25, 0.3) is 0 Å². The van der Waals surface area contributed by atoms with Gasteiger partial charge < -0.3 is 10.1 Å². The van der Waals surface area contributed by atoms with E-state index in [1.165, 1.54) is 0 Å². The SMILES string of the molecule is CCCNCC(C)S(=O)(=O)NC1CCOC1C. The second kappa shape index (κ2) is 6.68. The normalized spacial score (nSPS) is 27.2. The Morgan fingerprint density at radius 2 is 2.18 bits per heavy atom. The van der Waals surface area contributed by atoms with Gasteiger partial charge in [0, 0.05) is 19.2 Å². The fraction of sp³-hybridized carbons (Fsp3) is 1.00. The van der Waals surface area contributed by atoms with Gasteiger partial charge >= 0.3 is 0 Å². The second-order valence-corrected chi connectivity index (χ2v) is 6.78. The zero-order valence-corrected chi connectivity index (χ0v) is 11.7. The molecule has 0 radical (unpaired) electrons. The van der Waals surface area contributed by atoms with Gasteiger partial charge in [-0.05, 0) is 33.2 Å². The van der Waals surface area contributed by atoms with Crippen molar-refractivity contribution >= 4 is 10.0 Å². The molecular weight excluding hydrogens is 240 g/mol. The molecule has 3 atom stereocenters. The van der Waals surface area contributed by atoms with Crippen LogP contribution in [0.2, 0.25) is 0 Å². The average molecular weight is 264 g/mol. The smallest absolute Gasteiger partial charge is 0.215 e. The third-order valence-corrected chi connectivity index (χ3v) is 4.94. The van der Waals surface area contributed by atoms with E-state index >= 15 is 0 Å². The molecule has 0 spiro atoms. The molecule has 0 bridgehead atoms. The lowest BCUT2D eigenvalue weighted by Crippen LogP contribution is -2.46. The van der Waals surface area contributed by atoms with Crippen molar-refractivity contribution < 1.29 is 13.2 Å². The molecule has 6 heteroatoms. The van der Waals surface area contributed by atoms with Crippen LogP contribution in [0.15, 0.2) is 0 Å². The van der Waals surface area contributed by atoms with E-state index in [4.69, 9.17) is 4.74 Å². The lowest BCUT2D eigenvalue weighted by Gasteiger charge is -2.20. The van der Waals surface area contributed by atoms with Crippen molar-refractivity contribution in [1.29, 1.82) is 0 Å². The Hall–Kier alpha value is -0.170. The molecule has 0 aliphatic carbocycles. The zero-order valence-electron chi connectivity index (χ0n) is 10.9. The minimum absolute atomic E-state index is 0.0272. The maximum Gasteiger partial charge on any atom is 0.215 e. The van der Waals surface area contributed by atoms with Gasteiger partial charge in [0.1, 0.15) is 0 Å². The van der Waals surface area contributed by atoms with Crippen LogP contribution >= 0.6 is 0 Å². The molecule has 0 saturated carbocycles. The van der Waals surface area contributed by atoms with Crippen LogP contribution in [-0.2, 0) is 14.8 Å². The number of rotatable bonds is 7. The van der Waals surface area contributed by atoms with E-state index < -0.39 is 15.3 Å². The molecule has 1 fully saturated rings. The van der Waals surface area contributed by atoms with Crippen molar-refractivity contribution in [2.75, 3.05) is 19.7 Å². The largest absolute Gasteiger partial charge is 0.377 e. The lowest BCUT2D eigenvalue weighted by atomic mass is 10.2. The molecule has 1 rings (SSSR count). The molecule has 0 aromatic rings. The summed E-state index contributed by atoms with van der Waals surface area (Å²) in [4.78, 5) is 0. The number of ether oxygens (including phenoxy) is 1. The Labute approximate surface area is 104 Å². The summed E-state index contributed by atoms with van der Waals surface area (Å²) in [6.07, 6.45) is 1.74. The van der Waals surface area contributed by atoms with Crippen molar-refractivity contribution in [1.82, 2.24) is 10.0 Å². The van der Waals surface area contributed by atoms with Gasteiger partial charge in [-0.1, -0.05) is 6.92 Å². The van der Waals surface area contributed by atoms with Gasteiger partial charge in [-0.15, -0.1) is 0 Å². The quantitative estimate of drug-likeness (QED) is 0.656. The first-order valence-electron chi connectivity index (χ1n) is 6.30. The summed E-state index contributed by atoms with van der Waals surface area (Å²) in [5.74, 6) is 0. The number of hydrogen-bond donors (Lipinski definition) is 2. The first-order chi connectivity index (χ1) is 7.97. The van der Waals surface area contributed by atoms with Crippen LogP contribution in [0.25, 0.3) is 0 Å². The van der Waals surface area contributed by atoms with E-state index in [9.17, 15) is 8.42 Å². The molecule has 1 heterocycles. The number of nitrogens with one attached hydrogen (secondary N) is 2.